The number of carboxylic acids is 1. The fourth-order valence-corrected chi connectivity index (χ4v) is 2.72. The van der Waals surface area contributed by atoms with Gasteiger partial charge < -0.3 is 5.11 Å². The summed E-state index contributed by atoms with van der Waals surface area (Å²) in [7, 11) is 0. The molecule has 0 bridgehead atoms. The van der Waals surface area contributed by atoms with Crippen LogP contribution in [0.15, 0.2) is 30.3 Å². The molecule has 1 aromatic rings. The van der Waals surface area contributed by atoms with Gasteiger partial charge in [0.2, 0.25) is 0 Å². The van der Waals surface area contributed by atoms with Crippen molar-refractivity contribution >= 4 is 35.5 Å². The second-order valence-corrected chi connectivity index (χ2v) is 4.67. The molecule has 0 aliphatic heterocycles. The Morgan fingerprint density at radius 3 is 2.00 bits per heavy atom. The van der Waals surface area contributed by atoms with Gasteiger partial charge in [-0.3, -0.25) is 4.79 Å². The third kappa shape index (κ3) is 3.12. The van der Waals surface area contributed by atoms with Crippen molar-refractivity contribution in [2.45, 2.75) is 43.9 Å². The van der Waals surface area contributed by atoms with E-state index in [9.17, 15) is 9.90 Å². The van der Waals surface area contributed by atoms with Crippen LogP contribution in [0, 0.1) is 0 Å². The molecule has 0 radical (unpaired) electrons. The van der Waals surface area contributed by atoms with Gasteiger partial charge in [-0.1, -0.05) is 56.0 Å². The Morgan fingerprint density at radius 2 is 1.53 bits per heavy atom. The normalized spacial score (nSPS) is 18.8. The average Bonchev–Trinajstić information content (AvgIpc) is 2.56. The van der Waals surface area contributed by atoms with Gasteiger partial charge in [-0.2, -0.15) is 0 Å². The Morgan fingerprint density at radius 1 is 1.00 bits per heavy atom. The average molecular weight is 242 g/mol. The third-order valence-electron chi connectivity index (χ3n) is 3.69. The summed E-state index contributed by atoms with van der Waals surface area (Å²) in [6.07, 6.45) is 5.96. The van der Waals surface area contributed by atoms with Crippen molar-refractivity contribution in [3.8, 4) is 0 Å². The van der Waals surface area contributed by atoms with Gasteiger partial charge in [0.1, 0.15) is 0 Å². The van der Waals surface area contributed by atoms with Crippen LogP contribution in [0.5, 0.6) is 0 Å². The molecule has 1 fully saturated rings. The van der Waals surface area contributed by atoms with E-state index < -0.39 is 11.4 Å². The molecule has 2 nitrogen and oxygen atoms in total. The summed E-state index contributed by atoms with van der Waals surface area (Å²) < 4.78 is 0. The molecule has 0 aromatic heterocycles. The van der Waals surface area contributed by atoms with Crippen molar-refractivity contribution in [2.24, 2.45) is 0 Å². The molecule has 0 saturated heterocycles. The first-order chi connectivity index (χ1) is 7.76. The summed E-state index contributed by atoms with van der Waals surface area (Å²) in [5, 5.41) is 9.57. The third-order valence-corrected chi connectivity index (χ3v) is 3.69. The van der Waals surface area contributed by atoms with E-state index in [0.717, 1.165) is 31.2 Å². The van der Waals surface area contributed by atoms with Crippen molar-refractivity contribution in [3.05, 3.63) is 35.9 Å². The maximum atomic E-state index is 11.6. The van der Waals surface area contributed by atoms with Gasteiger partial charge in [-0.05, 0) is 18.4 Å². The minimum atomic E-state index is -0.652. The Bertz CT molecular complexity index is 354. The number of aliphatic carboxylic acids is 1. The molecule has 1 aromatic carbocycles. The van der Waals surface area contributed by atoms with Crippen molar-refractivity contribution < 1.29 is 9.90 Å². The molecular weight excluding hydrogens is 223 g/mol. The Labute approximate surface area is 125 Å². The van der Waals surface area contributed by atoms with Crippen molar-refractivity contribution in [1.29, 1.82) is 0 Å². The van der Waals surface area contributed by atoms with Gasteiger partial charge in [0, 0.05) is 0 Å². The molecule has 0 heterocycles. The standard InChI is InChI=1S/C14H18O2.Na.H/c15-13(16)14(10-6-1-2-7-11-14)12-8-4-3-5-9-12;;/h3-5,8-9H,1-2,6-7,10-11H2,(H,15,16);;. The predicted octanol–water partition coefficient (Wildman–Crippen LogP) is 2.71. The summed E-state index contributed by atoms with van der Waals surface area (Å²) in [5.41, 5.74) is 0.349. The molecule has 1 aliphatic rings. The SMILES string of the molecule is O=C(O)C1(c2ccccc2)CCCCCC1.[NaH]. The van der Waals surface area contributed by atoms with E-state index in [2.05, 4.69) is 0 Å². The van der Waals surface area contributed by atoms with E-state index in [0.29, 0.717) is 0 Å². The van der Waals surface area contributed by atoms with Gasteiger partial charge in [0.25, 0.3) is 0 Å². The summed E-state index contributed by atoms with van der Waals surface area (Å²) in [4.78, 5) is 11.6. The van der Waals surface area contributed by atoms with E-state index in [1.54, 1.807) is 0 Å². The summed E-state index contributed by atoms with van der Waals surface area (Å²) in [6.45, 7) is 0. The molecule has 0 amide bonds. The molecule has 0 unspecified atom stereocenters. The topological polar surface area (TPSA) is 37.3 Å². The van der Waals surface area contributed by atoms with E-state index in [-0.39, 0.29) is 29.6 Å². The predicted molar refractivity (Wildman–Crippen MR) is 70.6 cm³/mol. The Kier molecular flexibility index (Phi) is 5.71. The van der Waals surface area contributed by atoms with Crippen LogP contribution in [-0.4, -0.2) is 40.6 Å². The molecule has 2 rings (SSSR count). The van der Waals surface area contributed by atoms with Crippen LogP contribution < -0.4 is 0 Å². The van der Waals surface area contributed by atoms with Crippen molar-refractivity contribution in [3.63, 3.8) is 0 Å². The fourth-order valence-electron chi connectivity index (χ4n) is 2.72. The summed E-state index contributed by atoms with van der Waals surface area (Å²) in [5.74, 6) is -0.652. The first-order valence-electron chi connectivity index (χ1n) is 6.05. The van der Waals surface area contributed by atoms with Gasteiger partial charge in [-0.15, -0.1) is 0 Å². The molecule has 1 saturated carbocycles. The van der Waals surface area contributed by atoms with Crippen molar-refractivity contribution in [1.82, 2.24) is 0 Å². The first-order valence-corrected chi connectivity index (χ1v) is 6.05. The van der Waals surface area contributed by atoms with Crippen LogP contribution in [0.1, 0.15) is 44.1 Å². The van der Waals surface area contributed by atoms with Crippen LogP contribution in [-0.2, 0) is 10.2 Å². The molecule has 0 atom stereocenters. The first kappa shape index (κ1) is 14.7. The number of rotatable bonds is 2. The van der Waals surface area contributed by atoms with Gasteiger partial charge in [0.05, 0.1) is 5.41 Å². The van der Waals surface area contributed by atoms with Crippen LogP contribution in [0.25, 0.3) is 0 Å². The zero-order valence-electron chi connectivity index (χ0n) is 9.48. The zero-order chi connectivity index (χ0) is 11.4. The van der Waals surface area contributed by atoms with Crippen LogP contribution >= 0.6 is 0 Å². The number of benzene rings is 1. The molecule has 1 aliphatic carbocycles. The van der Waals surface area contributed by atoms with Crippen LogP contribution in [0.3, 0.4) is 0 Å². The zero-order valence-corrected chi connectivity index (χ0v) is 9.48. The summed E-state index contributed by atoms with van der Waals surface area (Å²) >= 11 is 0. The number of hydrogen-bond donors (Lipinski definition) is 1. The Balaban J connectivity index is 0.00000144. The monoisotopic (exact) mass is 242 g/mol. The fraction of sp³-hybridized carbons (Fsp3) is 0.500. The molecule has 17 heavy (non-hydrogen) atoms. The van der Waals surface area contributed by atoms with E-state index >= 15 is 0 Å². The maximum absolute atomic E-state index is 11.6. The van der Waals surface area contributed by atoms with Crippen LogP contribution in [0.2, 0.25) is 0 Å². The molecule has 88 valence electrons. The van der Waals surface area contributed by atoms with Gasteiger partial charge >= 0.3 is 35.5 Å². The summed E-state index contributed by atoms with van der Waals surface area (Å²) in [6, 6.07) is 9.73. The quantitative estimate of drug-likeness (QED) is 0.639. The second-order valence-electron chi connectivity index (χ2n) is 4.67. The van der Waals surface area contributed by atoms with Gasteiger partial charge in [0.15, 0.2) is 0 Å². The number of carbonyl (C=O) groups is 1. The van der Waals surface area contributed by atoms with Crippen LogP contribution in [0.4, 0.5) is 0 Å². The number of carboxylic acid groups (broad SMARTS) is 1. The van der Waals surface area contributed by atoms with E-state index in [1.807, 2.05) is 30.3 Å². The second kappa shape index (κ2) is 6.58. The number of hydrogen-bond acceptors (Lipinski definition) is 1. The molecular formula is C14H19NaO2. The van der Waals surface area contributed by atoms with Crippen molar-refractivity contribution in [2.75, 3.05) is 0 Å². The molecule has 3 heteroatoms. The van der Waals surface area contributed by atoms with Gasteiger partial charge in [-0.25, -0.2) is 0 Å². The molecule has 1 N–H and O–H groups in total. The Hall–Kier alpha value is -0.310. The minimum absolute atomic E-state index is 0. The van der Waals surface area contributed by atoms with E-state index in [1.165, 1.54) is 12.8 Å². The molecule has 0 spiro atoms. The van der Waals surface area contributed by atoms with E-state index in [4.69, 9.17) is 0 Å².